The van der Waals surface area contributed by atoms with Crippen molar-refractivity contribution in [2.75, 3.05) is 26.7 Å². The van der Waals surface area contributed by atoms with Crippen LogP contribution in [0.25, 0.3) is 0 Å². The lowest BCUT2D eigenvalue weighted by atomic mass is 10.2. The molecular formula is C32H49N3O4. The van der Waals surface area contributed by atoms with Gasteiger partial charge >= 0.3 is 5.97 Å². The van der Waals surface area contributed by atoms with E-state index < -0.39 is 5.97 Å². The Kier molecular flexibility index (Phi) is 25.1. The van der Waals surface area contributed by atoms with Gasteiger partial charge in [-0.1, -0.05) is 86.8 Å². The van der Waals surface area contributed by atoms with Crippen LogP contribution in [-0.4, -0.2) is 49.5 Å². The van der Waals surface area contributed by atoms with E-state index in [1.165, 1.54) is 7.11 Å². The molecule has 0 aromatic rings. The quantitative estimate of drug-likeness (QED) is 0.0575. The van der Waals surface area contributed by atoms with E-state index in [9.17, 15) is 14.4 Å². The van der Waals surface area contributed by atoms with Gasteiger partial charge in [0.15, 0.2) is 0 Å². The molecule has 0 atom stereocenters. The second-order valence-corrected chi connectivity index (χ2v) is 8.57. The molecule has 0 bridgehead atoms. The molecule has 0 radical (unpaired) electrons. The van der Waals surface area contributed by atoms with E-state index in [1.54, 1.807) is 0 Å². The van der Waals surface area contributed by atoms with Crippen LogP contribution in [0.1, 0.15) is 71.6 Å². The number of ether oxygens (including phenoxy) is 1. The van der Waals surface area contributed by atoms with Crippen molar-refractivity contribution in [1.82, 2.24) is 15.8 Å². The van der Waals surface area contributed by atoms with E-state index >= 15 is 0 Å². The van der Waals surface area contributed by atoms with Gasteiger partial charge < -0.3 is 10.1 Å². The van der Waals surface area contributed by atoms with Crippen LogP contribution in [0.15, 0.2) is 85.1 Å². The molecule has 0 aliphatic rings. The van der Waals surface area contributed by atoms with Crippen molar-refractivity contribution >= 4 is 17.8 Å². The number of rotatable bonds is 22. The van der Waals surface area contributed by atoms with E-state index in [-0.39, 0.29) is 11.8 Å². The van der Waals surface area contributed by atoms with E-state index in [0.29, 0.717) is 38.9 Å². The fraction of sp³-hybridized carbons (Fsp3) is 0.469. The number of hydrogen-bond donors (Lipinski definition) is 2. The standard InChI is InChI=1S/C32H49N3O4/c1-4-6-7-8-9-10-11-12-13-14-15-16-17-18-19-20-21-22-23-25-31(37)34-35(5-2)29-24-28-33-30(36)26-27-32(38)39-3/h6-7,9-10,12-13,15-16,18-19,21-22,26-27H,4-5,8,11,14,17,20,23-25,28-29H2,1-3H3,(H,33,36)(H,34,37). The number of carbonyl (C=O) groups excluding carboxylic acids is 3. The lowest BCUT2D eigenvalue weighted by Gasteiger charge is -2.21. The van der Waals surface area contributed by atoms with E-state index in [4.69, 9.17) is 0 Å². The van der Waals surface area contributed by atoms with Crippen molar-refractivity contribution in [3.8, 4) is 0 Å². The Morgan fingerprint density at radius 2 is 1.23 bits per heavy atom. The summed E-state index contributed by atoms with van der Waals surface area (Å²) in [4.78, 5) is 34.7. The summed E-state index contributed by atoms with van der Waals surface area (Å²) in [5, 5.41) is 4.52. The van der Waals surface area contributed by atoms with Gasteiger partial charge in [-0.05, 0) is 51.4 Å². The highest BCUT2D eigenvalue weighted by Crippen LogP contribution is 1.98. The van der Waals surface area contributed by atoms with Crippen LogP contribution >= 0.6 is 0 Å². The van der Waals surface area contributed by atoms with E-state index in [0.717, 1.165) is 50.7 Å². The summed E-state index contributed by atoms with van der Waals surface area (Å²) < 4.78 is 4.43. The zero-order valence-electron chi connectivity index (χ0n) is 24.1. The SMILES string of the molecule is CCC=CCC=CCC=CCC=CCC=CCC=CCCC(=O)NN(CC)CCCNC(=O)C=CC(=O)OC. The van der Waals surface area contributed by atoms with Crippen molar-refractivity contribution in [2.24, 2.45) is 0 Å². The van der Waals surface area contributed by atoms with Crippen LogP contribution in [0, 0.1) is 0 Å². The summed E-state index contributed by atoms with van der Waals surface area (Å²) in [7, 11) is 1.25. The third kappa shape index (κ3) is 26.0. The predicted octanol–water partition coefficient (Wildman–Crippen LogP) is 6.05. The van der Waals surface area contributed by atoms with Gasteiger partial charge in [-0.15, -0.1) is 0 Å². The second-order valence-electron chi connectivity index (χ2n) is 8.57. The highest BCUT2D eigenvalue weighted by atomic mass is 16.5. The van der Waals surface area contributed by atoms with Gasteiger partial charge in [-0.25, -0.2) is 9.80 Å². The lowest BCUT2D eigenvalue weighted by Crippen LogP contribution is -2.43. The number of allylic oxidation sites excluding steroid dienone is 12. The number of hydrazine groups is 1. The molecule has 2 amide bonds. The van der Waals surface area contributed by atoms with Gasteiger partial charge in [0, 0.05) is 38.2 Å². The number of hydrogen-bond acceptors (Lipinski definition) is 5. The minimum Gasteiger partial charge on any atom is -0.466 e. The van der Waals surface area contributed by atoms with E-state index in [1.807, 2.05) is 18.0 Å². The van der Waals surface area contributed by atoms with Crippen molar-refractivity contribution in [2.45, 2.75) is 71.6 Å². The predicted molar refractivity (Wildman–Crippen MR) is 162 cm³/mol. The van der Waals surface area contributed by atoms with Crippen molar-refractivity contribution in [1.29, 1.82) is 0 Å². The van der Waals surface area contributed by atoms with Crippen LogP contribution in [0.3, 0.4) is 0 Å². The molecule has 216 valence electrons. The Morgan fingerprint density at radius 3 is 1.72 bits per heavy atom. The normalized spacial score (nSPS) is 12.5. The third-order valence-corrected chi connectivity index (χ3v) is 5.28. The lowest BCUT2D eigenvalue weighted by molar-refractivity contribution is -0.135. The number of amides is 2. The molecule has 0 unspecified atom stereocenters. The van der Waals surface area contributed by atoms with Crippen LogP contribution in [0.2, 0.25) is 0 Å². The molecule has 39 heavy (non-hydrogen) atoms. The summed E-state index contributed by atoms with van der Waals surface area (Å²) in [5.41, 5.74) is 2.90. The third-order valence-electron chi connectivity index (χ3n) is 5.28. The average Bonchev–Trinajstić information content (AvgIpc) is 2.94. The monoisotopic (exact) mass is 539 g/mol. The maximum Gasteiger partial charge on any atom is 0.330 e. The minimum absolute atomic E-state index is 0.0265. The van der Waals surface area contributed by atoms with Gasteiger partial charge in [0.1, 0.15) is 0 Å². The van der Waals surface area contributed by atoms with Gasteiger partial charge in [0.2, 0.25) is 11.8 Å². The maximum absolute atomic E-state index is 12.2. The Labute approximate surface area is 236 Å². The fourth-order valence-electron chi connectivity index (χ4n) is 3.13. The molecule has 0 rings (SSSR count). The Hall–Kier alpha value is -3.45. The molecule has 0 fully saturated rings. The first kappa shape index (κ1) is 35.5. The van der Waals surface area contributed by atoms with Gasteiger partial charge in [-0.3, -0.25) is 15.0 Å². The molecule has 0 heterocycles. The molecule has 0 aliphatic heterocycles. The van der Waals surface area contributed by atoms with Gasteiger partial charge in [0.25, 0.3) is 0 Å². The fourth-order valence-corrected chi connectivity index (χ4v) is 3.13. The summed E-state index contributed by atoms with van der Waals surface area (Å²) in [6.07, 6.45) is 35.8. The smallest absolute Gasteiger partial charge is 0.330 e. The number of methoxy groups -OCH3 is 1. The first-order valence-corrected chi connectivity index (χ1v) is 14.0. The summed E-state index contributed by atoms with van der Waals surface area (Å²) in [6.45, 7) is 5.83. The zero-order chi connectivity index (χ0) is 28.8. The van der Waals surface area contributed by atoms with E-state index in [2.05, 4.69) is 89.2 Å². The molecule has 0 spiro atoms. The molecule has 0 saturated carbocycles. The van der Waals surface area contributed by atoms with Gasteiger partial charge in [0.05, 0.1) is 7.11 Å². The highest BCUT2D eigenvalue weighted by molar-refractivity contribution is 5.94. The maximum atomic E-state index is 12.2. The van der Waals surface area contributed by atoms with Crippen molar-refractivity contribution in [3.05, 3.63) is 85.1 Å². The summed E-state index contributed by atoms with van der Waals surface area (Å²) >= 11 is 0. The molecule has 0 aromatic carbocycles. The first-order valence-electron chi connectivity index (χ1n) is 14.0. The van der Waals surface area contributed by atoms with Crippen LogP contribution in [0.4, 0.5) is 0 Å². The van der Waals surface area contributed by atoms with Crippen LogP contribution in [-0.2, 0) is 19.1 Å². The first-order chi connectivity index (χ1) is 19.0. The summed E-state index contributed by atoms with van der Waals surface area (Å²) in [5.74, 6) is -0.959. The molecule has 2 N–H and O–H groups in total. The van der Waals surface area contributed by atoms with Gasteiger partial charge in [-0.2, -0.15) is 0 Å². The van der Waals surface area contributed by atoms with Crippen molar-refractivity contribution in [3.63, 3.8) is 0 Å². The largest absolute Gasteiger partial charge is 0.466 e. The molecule has 7 nitrogen and oxygen atoms in total. The average molecular weight is 540 g/mol. The van der Waals surface area contributed by atoms with Crippen LogP contribution in [0.5, 0.6) is 0 Å². The molecule has 0 aliphatic carbocycles. The summed E-state index contributed by atoms with van der Waals surface area (Å²) in [6, 6.07) is 0. The topological polar surface area (TPSA) is 87.7 Å². The second kappa shape index (κ2) is 27.6. The molecular weight excluding hydrogens is 490 g/mol. The number of nitrogens with zero attached hydrogens (tertiary/aromatic N) is 1. The van der Waals surface area contributed by atoms with Crippen LogP contribution < -0.4 is 10.7 Å². The van der Waals surface area contributed by atoms with Crippen molar-refractivity contribution < 1.29 is 19.1 Å². The molecule has 7 heteroatoms. The Morgan fingerprint density at radius 1 is 0.718 bits per heavy atom. The number of nitrogens with one attached hydrogen (secondary N) is 2. The Bertz CT molecular complexity index is 867. The highest BCUT2D eigenvalue weighted by Gasteiger charge is 2.06. The molecule has 0 aromatic heterocycles. The number of esters is 1. The number of carbonyl (C=O) groups is 3. The zero-order valence-corrected chi connectivity index (χ0v) is 24.1. The minimum atomic E-state index is -0.575. The Balaban J connectivity index is 3.85. The molecule has 0 saturated heterocycles.